The van der Waals surface area contributed by atoms with Crippen LogP contribution in [0.15, 0.2) is 43.1 Å². The molecular weight excluding hydrogens is 252 g/mol. The van der Waals surface area contributed by atoms with E-state index in [9.17, 15) is 10.1 Å². The average molecular weight is 268 g/mol. The molecule has 4 heteroatoms. The Labute approximate surface area is 117 Å². The fraction of sp³-hybridized carbons (Fsp3) is 0.125. The van der Waals surface area contributed by atoms with Gasteiger partial charge in [-0.3, -0.25) is 10.1 Å². The molecule has 0 saturated carbocycles. The highest BCUT2D eigenvalue weighted by Crippen LogP contribution is 2.30. The number of aryl methyl sites for hydroxylation is 1. The molecule has 1 aromatic heterocycles. The summed E-state index contributed by atoms with van der Waals surface area (Å²) in [5.74, 6) is 0. The predicted octanol–water partition coefficient (Wildman–Crippen LogP) is 4.14. The highest BCUT2D eigenvalue weighted by Gasteiger charge is 2.20. The summed E-state index contributed by atoms with van der Waals surface area (Å²) in [5, 5.41) is 11.1. The van der Waals surface area contributed by atoms with Crippen molar-refractivity contribution in [2.24, 2.45) is 7.05 Å². The molecule has 0 spiro atoms. The number of aromatic nitrogens is 1. The summed E-state index contributed by atoms with van der Waals surface area (Å²) < 4.78 is 1.74. The van der Waals surface area contributed by atoms with Crippen molar-refractivity contribution in [3.8, 4) is 0 Å². The van der Waals surface area contributed by atoms with Gasteiger partial charge in [-0.1, -0.05) is 43.0 Å². The van der Waals surface area contributed by atoms with Crippen LogP contribution in [0, 0.1) is 10.1 Å². The molecule has 0 fully saturated rings. The van der Waals surface area contributed by atoms with Crippen LogP contribution in [0.5, 0.6) is 0 Å². The summed E-state index contributed by atoms with van der Waals surface area (Å²) in [5.41, 5.74) is 3.27. The van der Waals surface area contributed by atoms with Gasteiger partial charge in [-0.25, -0.2) is 0 Å². The van der Waals surface area contributed by atoms with Gasteiger partial charge in [0, 0.05) is 7.05 Å². The number of allylic oxidation sites excluding steroid dienone is 1. The lowest BCUT2D eigenvalue weighted by atomic mass is 10.1. The summed E-state index contributed by atoms with van der Waals surface area (Å²) in [4.78, 5) is 10.8. The van der Waals surface area contributed by atoms with E-state index in [2.05, 4.69) is 6.58 Å². The predicted molar refractivity (Wildman–Crippen MR) is 82.1 cm³/mol. The lowest BCUT2D eigenvalue weighted by Crippen LogP contribution is -1.93. The van der Waals surface area contributed by atoms with E-state index in [4.69, 9.17) is 0 Å². The second-order valence-electron chi connectivity index (χ2n) is 4.67. The Kier molecular flexibility index (Phi) is 3.84. The summed E-state index contributed by atoms with van der Waals surface area (Å²) in [7, 11) is 1.79. The molecule has 0 bridgehead atoms. The number of benzene rings is 1. The first-order valence-corrected chi connectivity index (χ1v) is 6.23. The van der Waals surface area contributed by atoms with Gasteiger partial charge in [-0.05, 0) is 24.1 Å². The summed E-state index contributed by atoms with van der Waals surface area (Å²) in [6.07, 6.45) is 5.17. The molecule has 0 N–H and O–H groups in total. The minimum atomic E-state index is -0.364. The van der Waals surface area contributed by atoms with Crippen molar-refractivity contribution in [3.63, 3.8) is 0 Å². The largest absolute Gasteiger partial charge is 0.344 e. The normalized spacial score (nSPS) is 10.9. The molecule has 0 amide bonds. The van der Waals surface area contributed by atoms with Gasteiger partial charge in [0.2, 0.25) is 0 Å². The Bertz CT molecular complexity index is 682. The topological polar surface area (TPSA) is 48.1 Å². The van der Waals surface area contributed by atoms with Crippen molar-refractivity contribution in [1.29, 1.82) is 0 Å². The van der Waals surface area contributed by atoms with E-state index in [0.29, 0.717) is 5.56 Å². The second kappa shape index (κ2) is 5.57. The van der Waals surface area contributed by atoms with E-state index < -0.39 is 0 Å². The SMILES string of the molecule is C=C(C)c1c(/C=C/c2ccccc2)c([N+](=O)[O-])cn1C. The lowest BCUT2D eigenvalue weighted by Gasteiger charge is -2.02. The molecule has 0 unspecified atom stereocenters. The maximum atomic E-state index is 11.1. The van der Waals surface area contributed by atoms with Gasteiger partial charge >= 0.3 is 0 Å². The van der Waals surface area contributed by atoms with Gasteiger partial charge in [0.1, 0.15) is 0 Å². The maximum absolute atomic E-state index is 11.1. The molecular formula is C16H16N2O2. The minimum absolute atomic E-state index is 0.0951. The highest BCUT2D eigenvalue weighted by molar-refractivity contribution is 5.82. The van der Waals surface area contributed by atoms with E-state index in [1.165, 1.54) is 6.20 Å². The molecule has 0 radical (unpaired) electrons. The van der Waals surface area contributed by atoms with E-state index >= 15 is 0 Å². The molecule has 0 aliphatic rings. The van der Waals surface area contributed by atoms with Crippen molar-refractivity contribution < 1.29 is 4.92 Å². The molecule has 20 heavy (non-hydrogen) atoms. The lowest BCUT2D eigenvalue weighted by molar-refractivity contribution is -0.385. The van der Waals surface area contributed by atoms with Crippen molar-refractivity contribution >= 4 is 23.4 Å². The monoisotopic (exact) mass is 268 g/mol. The fourth-order valence-corrected chi connectivity index (χ4v) is 2.21. The molecule has 1 aromatic carbocycles. The zero-order valence-corrected chi connectivity index (χ0v) is 11.5. The fourth-order valence-electron chi connectivity index (χ4n) is 2.21. The third-order valence-corrected chi connectivity index (χ3v) is 3.04. The van der Waals surface area contributed by atoms with Crippen LogP contribution in [0.2, 0.25) is 0 Å². The molecule has 1 heterocycles. The molecule has 0 aliphatic heterocycles. The molecule has 0 aliphatic carbocycles. The maximum Gasteiger partial charge on any atom is 0.294 e. The Morgan fingerprint density at radius 1 is 1.30 bits per heavy atom. The Balaban J connectivity index is 2.52. The summed E-state index contributed by atoms with van der Waals surface area (Å²) in [6.45, 7) is 5.74. The van der Waals surface area contributed by atoms with Crippen molar-refractivity contribution in [2.45, 2.75) is 6.92 Å². The first kappa shape index (κ1) is 13.8. The molecule has 4 nitrogen and oxygen atoms in total. The van der Waals surface area contributed by atoms with Gasteiger partial charge in [0.25, 0.3) is 5.69 Å². The van der Waals surface area contributed by atoms with Crippen LogP contribution < -0.4 is 0 Å². The van der Waals surface area contributed by atoms with Gasteiger partial charge in [-0.15, -0.1) is 0 Å². The van der Waals surface area contributed by atoms with Gasteiger partial charge in [0.15, 0.2) is 0 Å². The number of hydrogen-bond acceptors (Lipinski definition) is 2. The third-order valence-electron chi connectivity index (χ3n) is 3.04. The average Bonchev–Trinajstić information content (AvgIpc) is 2.74. The van der Waals surface area contributed by atoms with Crippen molar-refractivity contribution in [3.05, 3.63) is 70.0 Å². The number of hydrogen-bond donors (Lipinski definition) is 0. The van der Waals surface area contributed by atoms with E-state index in [1.54, 1.807) is 17.7 Å². The zero-order valence-electron chi connectivity index (χ0n) is 11.5. The van der Waals surface area contributed by atoms with Crippen LogP contribution in [0.1, 0.15) is 23.7 Å². The Morgan fingerprint density at radius 3 is 2.50 bits per heavy atom. The smallest absolute Gasteiger partial charge is 0.294 e. The van der Waals surface area contributed by atoms with Crippen LogP contribution in [0.3, 0.4) is 0 Å². The van der Waals surface area contributed by atoms with Crippen molar-refractivity contribution in [2.75, 3.05) is 0 Å². The molecule has 0 atom stereocenters. The van der Waals surface area contributed by atoms with Gasteiger partial charge in [0.05, 0.1) is 22.4 Å². The van der Waals surface area contributed by atoms with Crippen LogP contribution in [-0.4, -0.2) is 9.49 Å². The van der Waals surface area contributed by atoms with Crippen molar-refractivity contribution in [1.82, 2.24) is 4.57 Å². The molecule has 2 aromatic rings. The highest BCUT2D eigenvalue weighted by atomic mass is 16.6. The minimum Gasteiger partial charge on any atom is -0.344 e. The summed E-state index contributed by atoms with van der Waals surface area (Å²) >= 11 is 0. The Morgan fingerprint density at radius 2 is 1.95 bits per heavy atom. The number of rotatable bonds is 4. The van der Waals surface area contributed by atoms with Crippen LogP contribution in [0.25, 0.3) is 17.7 Å². The van der Waals surface area contributed by atoms with E-state index in [-0.39, 0.29) is 10.6 Å². The van der Waals surface area contributed by atoms with Gasteiger partial charge in [-0.2, -0.15) is 0 Å². The van der Waals surface area contributed by atoms with E-state index in [0.717, 1.165) is 16.8 Å². The summed E-state index contributed by atoms with van der Waals surface area (Å²) in [6, 6.07) is 9.69. The standard InChI is InChI=1S/C16H16N2O2/c1-12(2)16-14(15(18(19)20)11-17(16)3)10-9-13-7-5-4-6-8-13/h4-11H,1H2,2-3H3/b10-9+. The number of nitrogens with zero attached hydrogens (tertiary/aromatic N) is 2. The molecule has 2 rings (SSSR count). The number of nitro groups is 1. The van der Waals surface area contributed by atoms with Gasteiger partial charge < -0.3 is 4.57 Å². The third kappa shape index (κ3) is 2.69. The van der Waals surface area contributed by atoms with Crippen LogP contribution in [0.4, 0.5) is 5.69 Å². The first-order valence-electron chi connectivity index (χ1n) is 6.23. The first-order chi connectivity index (χ1) is 9.50. The van der Waals surface area contributed by atoms with Crippen LogP contribution >= 0.6 is 0 Å². The zero-order chi connectivity index (χ0) is 14.7. The Hall–Kier alpha value is -2.62. The second-order valence-corrected chi connectivity index (χ2v) is 4.67. The quantitative estimate of drug-likeness (QED) is 0.618. The van der Waals surface area contributed by atoms with Crippen LogP contribution in [-0.2, 0) is 7.05 Å². The molecule has 102 valence electrons. The molecule has 0 saturated heterocycles. The van der Waals surface area contributed by atoms with E-state index in [1.807, 2.05) is 43.3 Å².